The standard InChI is InChI=1S/C13H14N2OS/c1-2-11-5-6-12(17-11)9(8-14)7-13(16)15-10-3-4-10/h5-7,10H,2-4H2,1H3,(H,15,16)/b9-7-. The first kappa shape index (κ1) is 11.9. The molecule has 17 heavy (non-hydrogen) atoms. The van der Waals surface area contributed by atoms with Gasteiger partial charge >= 0.3 is 0 Å². The maximum Gasteiger partial charge on any atom is 0.245 e. The van der Waals surface area contributed by atoms with Crippen LogP contribution in [-0.2, 0) is 11.2 Å². The number of carbonyl (C=O) groups is 1. The first-order valence-corrected chi connectivity index (χ1v) is 6.56. The Morgan fingerprint density at radius 3 is 2.94 bits per heavy atom. The Balaban J connectivity index is 2.11. The zero-order valence-electron chi connectivity index (χ0n) is 9.69. The zero-order valence-corrected chi connectivity index (χ0v) is 10.5. The van der Waals surface area contributed by atoms with E-state index in [1.807, 2.05) is 12.1 Å². The van der Waals surface area contributed by atoms with Crippen molar-refractivity contribution in [3.63, 3.8) is 0 Å². The van der Waals surface area contributed by atoms with Crippen molar-refractivity contribution in [3.05, 3.63) is 28.0 Å². The van der Waals surface area contributed by atoms with Crippen LogP contribution in [0, 0.1) is 11.3 Å². The van der Waals surface area contributed by atoms with E-state index in [1.54, 1.807) is 11.3 Å². The molecule has 0 unspecified atom stereocenters. The Bertz CT molecular complexity index is 492. The van der Waals surface area contributed by atoms with Crippen LogP contribution in [0.5, 0.6) is 0 Å². The van der Waals surface area contributed by atoms with Crippen LogP contribution in [0.1, 0.15) is 29.5 Å². The van der Waals surface area contributed by atoms with Crippen molar-refractivity contribution < 1.29 is 4.79 Å². The highest BCUT2D eigenvalue weighted by molar-refractivity contribution is 7.13. The van der Waals surface area contributed by atoms with Crippen molar-refractivity contribution in [1.29, 1.82) is 5.26 Å². The van der Waals surface area contributed by atoms with Gasteiger partial charge in [-0.1, -0.05) is 6.92 Å². The summed E-state index contributed by atoms with van der Waals surface area (Å²) in [6, 6.07) is 6.33. The molecule has 0 aliphatic heterocycles. The van der Waals surface area contributed by atoms with E-state index in [1.165, 1.54) is 11.0 Å². The smallest absolute Gasteiger partial charge is 0.245 e. The van der Waals surface area contributed by atoms with Gasteiger partial charge in [-0.3, -0.25) is 4.79 Å². The molecule has 1 aromatic heterocycles. The van der Waals surface area contributed by atoms with Crippen LogP contribution in [-0.4, -0.2) is 11.9 Å². The second-order valence-electron chi connectivity index (χ2n) is 4.07. The van der Waals surface area contributed by atoms with Gasteiger partial charge in [-0.15, -0.1) is 11.3 Å². The number of carbonyl (C=O) groups excluding carboxylic acids is 1. The number of nitriles is 1. The summed E-state index contributed by atoms with van der Waals surface area (Å²) in [6.07, 6.45) is 4.47. The van der Waals surface area contributed by atoms with E-state index < -0.39 is 0 Å². The summed E-state index contributed by atoms with van der Waals surface area (Å²) in [5.74, 6) is -0.157. The van der Waals surface area contributed by atoms with Gasteiger partial charge in [0.15, 0.2) is 0 Å². The molecule has 0 radical (unpaired) electrons. The van der Waals surface area contributed by atoms with E-state index in [0.29, 0.717) is 11.6 Å². The van der Waals surface area contributed by atoms with E-state index in [2.05, 4.69) is 18.3 Å². The SMILES string of the molecule is CCc1ccc(/C(C#N)=C\C(=O)NC2CC2)s1. The Morgan fingerprint density at radius 1 is 1.65 bits per heavy atom. The molecule has 1 amide bonds. The fourth-order valence-electron chi connectivity index (χ4n) is 1.47. The molecular weight excluding hydrogens is 232 g/mol. The van der Waals surface area contributed by atoms with Gasteiger partial charge in [0.05, 0.1) is 5.57 Å². The summed E-state index contributed by atoms with van der Waals surface area (Å²) < 4.78 is 0. The number of allylic oxidation sites excluding steroid dienone is 1. The predicted octanol–water partition coefficient (Wildman–Crippen LogP) is 2.50. The predicted molar refractivity (Wildman–Crippen MR) is 68.5 cm³/mol. The minimum absolute atomic E-state index is 0.157. The lowest BCUT2D eigenvalue weighted by atomic mass is 10.2. The van der Waals surface area contributed by atoms with E-state index in [-0.39, 0.29) is 5.91 Å². The van der Waals surface area contributed by atoms with Gasteiger partial charge in [0, 0.05) is 21.9 Å². The molecule has 1 aromatic rings. The number of thiophene rings is 1. The summed E-state index contributed by atoms with van der Waals surface area (Å²) in [4.78, 5) is 13.7. The van der Waals surface area contributed by atoms with Gasteiger partial charge in [0.2, 0.25) is 5.91 Å². The first-order chi connectivity index (χ1) is 8.22. The molecule has 1 saturated carbocycles. The fraction of sp³-hybridized carbons (Fsp3) is 0.385. The molecular formula is C13H14N2OS. The molecule has 0 atom stereocenters. The Kier molecular flexibility index (Phi) is 3.60. The number of nitrogens with one attached hydrogen (secondary N) is 1. The van der Waals surface area contributed by atoms with Gasteiger partial charge < -0.3 is 5.32 Å². The lowest BCUT2D eigenvalue weighted by Gasteiger charge is -1.98. The number of aryl methyl sites for hydroxylation is 1. The topological polar surface area (TPSA) is 52.9 Å². The minimum Gasteiger partial charge on any atom is -0.350 e. The van der Waals surface area contributed by atoms with Crippen LogP contribution < -0.4 is 5.32 Å². The van der Waals surface area contributed by atoms with Crippen LogP contribution in [0.3, 0.4) is 0 Å². The first-order valence-electron chi connectivity index (χ1n) is 5.74. The molecule has 3 nitrogen and oxygen atoms in total. The number of nitrogens with zero attached hydrogens (tertiary/aromatic N) is 1. The van der Waals surface area contributed by atoms with Crippen LogP contribution in [0.15, 0.2) is 18.2 Å². The average Bonchev–Trinajstić information content (AvgIpc) is 3.00. The third-order valence-corrected chi connectivity index (χ3v) is 3.86. The van der Waals surface area contributed by atoms with Crippen LogP contribution in [0.4, 0.5) is 0 Å². The molecule has 1 fully saturated rings. The molecule has 88 valence electrons. The molecule has 1 aliphatic rings. The second kappa shape index (κ2) is 5.15. The van der Waals surface area contributed by atoms with Gasteiger partial charge in [-0.2, -0.15) is 5.26 Å². The van der Waals surface area contributed by atoms with E-state index >= 15 is 0 Å². The monoisotopic (exact) mass is 246 g/mol. The van der Waals surface area contributed by atoms with E-state index in [4.69, 9.17) is 5.26 Å². The number of amides is 1. The fourth-order valence-corrected chi connectivity index (χ4v) is 2.39. The second-order valence-corrected chi connectivity index (χ2v) is 5.24. The maximum absolute atomic E-state index is 11.6. The number of hydrogen-bond donors (Lipinski definition) is 1. The molecule has 1 heterocycles. The van der Waals surface area contributed by atoms with Crippen LogP contribution >= 0.6 is 11.3 Å². The number of rotatable bonds is 4. The average molecular weight is 246 g/mol. The number of hydrogen-bond acceptors (Lipinski definition) is 3. The normalized spacial score (nSPS) is 15.4. The molecule has 0 saturated heterocycles. The quantitative estimate of drug-likeness (QED) is 0.655. The van der Waals surface area contributed by atoms with E-state index in [0.717, 1.165) is 24.1 Å². The summed E-state index contributed by atoms with van der Waals surface area (Å²) >= 11 is 1.57. The van der Waals surface area contributed by atoms with Gasteiger partial charge in [-0.25, -0.2) is 0 Å². The summed E-state index contributed by atoms with van der Waals surface area (Å²) in [7, 11) is 0. The highest BCUT2D eigenvalue weighted by Gasteiger charge is 2.22. The Hall–Kier alpha value is -1.60. The van der Waals surface area contributed by atoms with Crippen LogP contribution in [0.25, 0.3) is 5.57 Å². The summed E-state index contributed by atoms with van der Waals surface area (Å²) in [5.41, 5.74) is 0.452. The van der Waals surface area contributed by atoms with Crippen molar-refractivity contribution in [2.24, 2.45) is 0 Å². The lowest BCUT2D eigenvalue weighted by Crippen LogP contribution is -2.23. The van der Waals surface area contributed by atoms with Crippen molar-refractivity contribution in [3.8, 4) is 6.07 Å². The molecule has 1 N–H and O–H groups in total. The zero-order chi connectivity index (χ0) is 12.3. The molecule has 2 rings (SSSR count). The maximum atomic E-state index is 11.6. The van der Waals surface area contributed by atoms with Crippen molar-refractivity contribution in [2.45, 2.75) is 32.2 Å². The molecule has 0 aromatic carbocycles. The summed E-state index contributed by atoms with van der Waals surface area (Å²) in [6.45, 7) is 2.07. The van der Waals surface area contributed by atoms with E-state index in [9.17, 15) is 4.79 Å². The van der Waals surface area contributed by atoms with Gasteiger partial charge in [0.1, 0.15) is 6.07 Å². The lowest BCUT2D eigenvalue weighted by molar-refractivity contribution is -0.116. The molecule has 1 aliphatic carbocycles. The van der Waals surface area contributed by atoms with Crippen molar-refractivity contribution in [1.82, 2.24) is 5.32 Å². The Morgan fingerprint density at radius 2 is 2.41 bits per heavy atom. The third-order valence-electron chi connectivity index (χ3n) is 2.60. The van der Waals surface area contributed by atoms with Crippen molar-refractivity contribution in [2.75, 3.05) is 0 Å². The highest BCUT2D eigenvalue weighted by atomic mass is 32.1. The van der Waals surface area contributed by atoms with Gasteiger partial charge in [-0.05, 0) is 31.4 Å². The minimum atomic E-state index is -0.157. The molecule has 0 bridgehead atoms. The Labute approximate surface area is 105 Å². The molecule has 0 spiro atoms. The summed E-state index contributed by atoms with van der Waals surface area (Å²) in [5, 5.41) is 11.9. The highest BCUT2D eigenvalue weighted by Crippen LogP contribution is 2.24. The van der Waals surface area contributed by atoms with Crippen LogP contribution in [0.2, 0.25) is 0 Å². The molecule has 4 heteroatoms. The third kappa shape index (κ3) is 3.18. The van der Waals surface area contributed by atoms with Gasteiger partial charge in [0.25, 0.3) is 0 Å². The largest absolute Gasteiger partial charge is 0.350 e. The van der Waals surface area contributed by atoms with Crippen molar-refractivity contribution >= 4 is 22.8 Å².